The van der Waals surface area contributed by atoms with Crippen LogP contribution in [0.3, 0.4) is 0 Å². The highest BCUT2D eigenvalue weighted by atomic mass is 35.5. The molecule has 2 atom stereocenters. The monoisotopic (exact) mass is 567 g/mol. The zero-order valence-corrected chi connectivity index (χ0v) is 20.9. The number of alkyl halides is 4. The molecule has 0 radical (unpaired) electrons. The number of halogens is 6. The molecule has 0 aromatic heterocycles. The molecule has 1 aliphatic rings. The van der Waals surface area contributed by atoms with Gasteiger partial charge in [-0.25, -0.2) is 13.6 Å². The number of carbonyl (C=O) groups is 4. The predicted molar refractivity (Wildman–Crippen MR) is 123 cm³/mol. The first kappa shape index (κ1) is 30.9. The molecule has 2 rings (SSSR count). The molecular formula is C24H23ClF5NO7. The first-order valence-electron chi connectivity index (χ1n) is 11.2. The number of carbonyl (C=O) groups excluding carboxylic acids is 2. The summed E-state index contributed by atoms with van der Waals surface area (Å²) in [4.78, 5) is 52.0. The summed E-state index contributed by atoms with van der Waals surface area (Å²) >= 11 is 5.72. The normalized spacial score (nSPS) is 19.7. The van der Waals surface area contributed by atoms with Gasteiger partial charge in [-0.2, -0.15) is 13.2 Å². The van der Waals surface area contributed by atoms with Crippen LogP contribution in [0.1, 0.15) is 56.6 Å². The van der Waals surface area contributed by atoms with Crippen LogP contribution in [-0.4, -0.2) is 52.9 Å². The van der Waals surface area contributed by atoms with E-state index in [2.05, 4.69) is 9.73 Å². The van der Waals surface area contributed by atoms with Crippen LogP contribution >= 0.6 is 11.6 Å². The molecule has 1 aromatic rings. The molecule has 208 valence electrons. The van der Waals surface area contributed by atoms with E-state index in [0.29, 0.717) is 12.1 Å². The van der Waals surface area contributed by atoms with Gasteiger partial charge in [0, 0.05) is 17.9 Å². The highest BCUT2D eigenvalue weighted by Crippen LogP contribution is 2.53. The van der Waals surface area contributed by atoms with Crippen LogP contribution in [0.2, 0.25) is 5.02 Å². The van der Waals surface area contributed by atoms with Crippen LogP contribution in [0.4, 0.5) is 22.0 Å². The maximum Gasteiger partial charge on any atom is 0.418 e. The van der Waals surface area contributed by atoms with Crippen molar-refractivity contribution >= 4 is 41.0 Å². The molecule has 1 aliphatic heterocycles. The number of ketones is 1. The smallest absolute Gasteiger partial charge is 0.418 e. The quantitative estimate of drug-likeness (QED) is 0.215. The zero-order chi connectivity index (χ0) is 29.0. The lowest BCUT2D eigenvalue weighted by Crippen LogP contribution is -2.48. The molecule has 0 saturated carbocycles. The lowest BCUT2D eigenvalue weighted by molar-refractivity contribution is -0.147. The molecule has 1 aromatic carbocycles. The third kappa shape index (κ3) is 6.20. The Morgan fingerprint density at radius 3 is 2.32 bits per heavy atom. The van der Waals surface area contributed by atoms with Crippen LogP contribution in [0.15, 0.2) is 28.4 Å². The van der Waals surface area contributed by atoms with Gasteiger partial charge in [0.05, 0.1) is 34.2 Å². The second-order valence-corrected chi connectivity index (χ2v) is 8.90. The van der Waals surface area contributed by atoms with Gasteiger partial charge in [-0.1, -0.05) is 11.6 Å². The second kappa shape index (κ2) is 12.0. The number of Topliss-reactive ketones (excluding diaryl/α,β-unsaturated/α-hetero) is 1. The van der Waals surface area contributed by atoms with Gasteiger partial charge >= 0.3 is 24.1 Å². The maximum absolute atomic E-state index is 15.1. The summed E-state index contributed by atoms with van der Waals surface area (Å²) in [6.07, 6.45) is -6.86. The van der Waals surface area contributed by atoms with Crippen molar-refractivity contribution in [1.82, 2.24) is 0 Å². The fourth-order valence-electron chi connectivity index (χ4n) is 4.30. The molecule has 0 saturated heterocycles. The van der Waals surface area contributed by atoms with E-state index in [4.69, 9.17) is 11.6 Å². The van der Waals surface area contributed by atoms with Crippen LogP contribution in [0.25, 0.3) is 0 Å². The summed E-state index contributed by atoms with van der Waals surface area (Å²) < 4.78 is 75.9. The number of hydrogen-bond donors (Lipinski definition) is 2. The number of hydrogen-bond acceptors (Lipinski definition) is 6. The standard InChI is InChI=1S/C24H23ClF5NO7/c1-3-38-16(33)9-11(32)5-4-6-14-18(21(34)35)20(23(2,22(36)37)15(10-26)31-14)17-13(27)8-7-12(25)19(17)24(28,29)30/h7-8,20H,3-6,9-10H2,1-2H3,(H,34,35)(H,36,37). The number of esters is 1. The first-order valence-corrected chi connectivity index (χ1v) is 11.5. The van der Waals surface area contributed by atoms with Gasteiger partial charge in [-0.15, -0.1) is 0 Å². The largest absolute Gasteiger partial charge is 0.481 e. The fraction of sp³-hybridized carbons (Fsp3) is 0.458. The number of benzene rings is 1. The molecule has 0 amide bonds. The summed E-state index contributed by atoms with van der Waals surface area (Å²) in [5, 5.41) is 18.9. The molecular weight excluding hydrogens is 545 g/mol. The topological polar surface area (TPSA) is 130 Å². The van der Waals surface area contributed by atoms with Gasteiger partial charge in [0.25, 0.3) is 0 Å². The SMILES string of the molecule is CCOC(=O)CC(=O)CCCC1=C(C(=O)O)C(c2c(F)ccc(Cl)c2C(F)(F)F)C(C)(C(=O)O)C(CF)=N1. The lowest BCUT2D eigenvalue weighted by atomic mass is 9.63. The van der Waals surface area contributed by atoms with E-state index < -0.39 is 99.7 Å². The zero-order valence-electron chi connectivity index (χ0n) is 20.1. The molecule has 38 heavy (non-hydrogen) atoms. The molecule has 0 fully saturated rings. The number of aliphatic carboxylic acids is 2. The Bertz CT molecular complexity index is 1210. The number of carboxylic acids is 2. The average molecular weight is 568 g/mol. The van der Waals surface area contributed by atoms with Crippen LogP contribution in [-0.2, 0) is 30.1 Å². The van der Waals surface area contributed by atoms with Crippen molar-refractivity contribution in [3.8, 4) is 0 Å². The summed E-state index contributed by atoms with van der Waals surface area (Å²) in [5.74, 6) is -9.29. The Kier molecular flexibility index (Phi) is 9.76. The minimum absolute atomic E-state index is 0.0331. The third-order valence-corrected chi connectivity index (χ3v) is 6.39. The highest BCUT2D eigenvalue weighted by molar-refractivity contribution is 6.31. The number of nitrogens with zero attached hydrogens (tertiary/aromatic N) is 1. The van der Waals surface area contributed by atoms with Crippen molar-refractivity contribution in [2.45, 2.75) is 51.6 Å². The van der Waals surface area contributed by atoms with Crippen molar-refractivity contribution in [3.05, 3.63) is 45.4 Å². The van der Waals surface area contributed by atoms with Crippen LogP contribution in [0, 0.1) is 11.2 Å². The van der Waals surface area contributed by atoms with Gasteiger partial charge in [0.2, 0.25) is 0 Å². The number of carboxylic acid groups (broad SMARTS) is 2. The molecule has 8 nitrogen and oxygen atoms in total. The van der Waals surface area contributed by atoms with Gasteiger partial charge in [0.15, 0.2) is 0 Å². The summed E-state index contributed by atoms with van der Waals surface area (Å²) in [7, 11) is 0. The maximum atomic E-state index is 15.1. The van der Waals surface area contributed by atoms with Gasteiger partial charge in [-0.3, -0.25) is 19.4 Å². The third-order valence-electron chi connectivity index (χ3n) is 6.08. The molecule has 14 heteroatoms. The molecule has 1 heterocycles. The molecule has 2 N–H and O–H groups in total. The van der Waals surface area contributed by atoms with Gasteiger partial charge < -0.3 is 14.9 Å². The van der Waals surface area contributed by atoms with Crippen molar-refractivity contribution in [3.63, 3.8) is 0 Å². The fourth-order valence-corrected chi connectivity index (χ4v) is 4.57. The lowest BCUT2D eigenvalue weighted by Gasteiger charge is -2.40. The number of rotatable bonds is 11. The van der Waals surface area contributed by atoms with Crippen molar-refractivity contribution in [1.29, 1.82) is 0 Å². The van der Waals surface area contributed by atoms with Crippen molar-refractivity contribution in [2.24, 2.45) is 10.4 Å². The van der Waals surface area contributed by atoms with E-state index in [9.17, 15) is 47.0 Å². The van der Waals surface area contributed by atoms with E-state index in [1.54, 1.807) is 0 Å². The van der Waals surface area contributed by atoms with E-state index in [1.807, 2.05) is 0 Å². The summed E-state index contributed by atoms with van der Waals surface area (Å²) in [5.41, 5.74) is -8.34. The van der Waals surface area contributed by atoms with Crippen molar-refractivity contribution in [2.75, 3.05) is 13.3 Å². The summed E-state index contributed by atoms with van der Waals surface area (Å²) in [6.45, 7) is 0.702. The molecule has 0 bridgehead atoms. The highest BCUT2D eigenvalue weighted by Gasteiger charge is 2.56. The van der Waals surface area contributed by atoms with E-state index in [1.165, 1.54) is 6.92 Å². The first-order chi connectivity index (χ1) is 17.6. The van der Waals surface area contributed by atoms with Gasteiger partial charge in [0.1, 0.15) is 30.1 Å². The molecule has 2 unspecified atom stereocenters. The van der Waals surface area contributed by atoms with Crippen LogP contribution in [0.5, 0.6) is 0 Å². The molecule has 0 spiro atoms. The Morgan fingerprint density at radius 1 is 1.18 bits per heavy atom. The average Bonchev–Trinajstić information content (AvgIpc) is 2.79. The number of aliphatic imine (C=N–C) groups is 1. The Hall–Kier alpha value is -3.35. The van der Waals surface area contributed by atoms with E-state index in [-0.39, 0.29) is 19.4 Å². The second-order valence-electron chi connectivity index (χ2n) is 8.49. The Labute approximate surface area is 218 Å². The molecule has 0 aliphatic carbocycles. The van der Waals surface area contributed by atoms with Crippen LogP contribution < -0.4 is 0 Å². The summed E-state index contributed by atoms with van der Waals surface area (Å²) in [6, 6.07) is 1.10. The predicted octanol–water partition coefficient (Wildman–Crippen LogP) is 5.13. The Balaban J connectivity index is 2.73. The van der Waals surface area contributed by atoms with Gasteiger partial charge in [-0.05, 0) is 38.8 Å². The minimum Gasteiger partial charge on any atom is -0.481 e. The van der Waals surface area contributed by atoms with Crippen molar-refractivity contribution < 1.29 is 56.1 Å². The Morgan fingerprint density at radius 2 is 1.82 bits per heavy atom. The van der Waals surface area contributed by atoms with E-state index in [0.717, 1.165) is 6.92 Å². The number of allylic oxidation sites excluding steroid dienone is 1. The minimum atomic E-state index is -5.35. The van der Waals surface area contributed by atoms with E-state index >= 15 is 4.39 Å². The number of ether oxygens (including phenoxy) is 1.